The molecule has 0 unspecified atom stereocenters. The summed E-state index contributed by atoms with van der Waals surface area (Å²) in [6.45, 7) is 14.6. The zero-order valence-electron chi connectivity index (χ0n) is 20.5. The van der Waals surface area contributed by atoms with Crippen molar-refractivity contribution in [1.82, 2.24) is 9.97 Å². The van der Waals surface area contributed by atoms with Crippen LogP contribution in [0.1, 0.15) is 65.5 Å². The topological polar surface area (TPSA) is 25.8 Å². The molecule has 0 aliphatic rings. The average Bonchev–Trinajstić information content (AvgIpc) is 2.82. The summed E-state index contributed by atoms with van der Waals surface area (Å²) < 4.78 is 0. The highest BCUT2D eigenvalue weighted by atomic mass is 31.1. The monoisotopic (exact) mass is 464 g/mol. The van der Waals surface area contributed by atoms with Gasteiger partial charge in [-0.15, -0.1) is 0 Å². The molecule has 3 rings (SSSR count). The third-order valence-electron chi connectivity index (χ3n) is 6.82. The Kier molecular flexibility index (Phi) is 8.60. The predicted octanol–water partition coefficient (Wildman–Crippen LogP) is 7.47. The van der Waals surface area contributed by atoms with Gasteiger partial charge in [0.25, 0.3) is 0 Å². The molecular weight excluding hydrogens is 426 g/mol. The van der Waals surface area contributed by atoms with Gasteiger partial charge in [0.2, 0.25) is 0 Å². The lowest BCUT2D eigenvalue weighted by Gasteiger charge is -2.45. The lowest BCUT2D eigenvalue weighted by atomic mass is 10.1. The second-order valence-electron chi connectivity index (χ2n) is 9.65. The van der Waals surface area contributed by atoms with Crippen molar-refractivity contribution in [3.8, 4) is 0 Å². The van der Waals surface area contributed by atoms with E-state index in [0.29, 0.717) is 10.3 Å². The van der Waals surface area contributed by atoms with Gasteiger partial charge >= 0.3 is 0 Å². The number of hydrogen-bond acceptors (Lipinski definition) is 2. The molecule has 0 spiro atoms. The first-order valence-corrected chi connectivity index (χ1v) is 14.8. The molecule has 0 saturated heterocycles. The van der Waals surface area contributed by atoms with Crippen LogP contribution in [0.15, 0.2) is 73.1 Å². The maximum atomic E-state index is 4.74. The van der Waals surface area contributed by atoms with E-state index in [1.54, 1.807) is 0 Å². The van der Waals surface area contributed by atoms with E-state index < -0.39 is 7.92 Å². The van der Waals surface area contributed by atoms with E-state index in [9.17, 15) is 0 Å². The second kappa shape index (κ2) is 11.0. The molecule has 0 atom stereocenters. The van der Waals surface area contributed by atoms with Crippen molar-refractivity contribution < 1.29 is 0 Å². The van der Waals surface area contributed by atoms with Gasteiger partial charge in [-0.25, -0.2) is 0 Å². The van der Waals surface area contributed by atoms with E-state index >= 15 is 0 Å². The van der Waals surface area contributed by atoms with Crippen molar-refractivity contribution in [3.63, 3.8) is 0 Å². The maximum absolute atomic E-state index is 4.74. The highest BCUT2D eigenvalue weighted by Gasteiger charge is 2.38. The van der Waals surface area contributed by atoms with Gasteiger partial charge in [-0.05, 0) is 64.7 Å². The Bertz CT molecular complexity index is 915. The fraction of sp³-hybridized carbons (Fsp3) is 0.429. The Balaban J connectivity index is 1.99. The van der Waals surface area contributed by atoms with Crippen molar-refractivity contribution in [1.29, 1.82) is 0 Å². The molecule has 0 saturated carbocycles. The minimum Gasteiger partial charge on any atom is -0.256 e. The van der Waals surface area contributed by atoms with Crippen molar-refractivity contribution in [2.75, 3.05) is 0 Å². The van der Waals surface area contributed by atoms with Crippen LogP contribution in [0.4, 0.5) is 0 Å². The van der Waals surface area contributed by atoms with E-state index in [0.717, 1.165) is 17.0 Å². The Labute approximate surface area is 197 Å². The van der Waals surface area contributed by atoms with Gasteiger partial charge in [0.05, 0.1) is 10.9 Å². The standard InChI is InChI=1S/C28H38N2P2/c1-7-27(3,4)32(28(5,6)8-2)22-24-16-10-9-15-23(24)21-31(25-17-11-13-19-29-25)26-18-12-14-20-30-26/h9-20H,7-8,21-22H2,1-6H3. The average molecular weight is 465 g/mol. The summed E-state index contributed by atoms with van der Waals surface area (Å²) in [4.78, 5) is 9.48. The smallest absolute Gasteiger partial charge is 0.0695 e. The third kappa shape index (κ3) is 6.03. The van der Waals surface area contributed by atoms with Crippen molar-refractivity contribution in [2.24, 2.45) is 0 Å². The molecule has 170 valence electrons. The number of hydrogen-bond donors (Lipinski definition) is 0. The number of nitrogens with zero attached hydrogens (tertiary/aromatic N) is 2. The largest absolute Gasteiger partial charge is 0.256 e. The quantitative estimate of drug-likeness (QED) is 0.291. The van der Waals surface area contributed by atoms with E-state index in [2.05, 4.69) is 90.1 Å². The molecule has 3 aromatic rings. The molecule has 0 aliphatic heterocycles. The van der Waals surface area contributed by atoms with Gasteiger partial charge in [0.1, 0.15) is 0 Å². The molecule has 2 aromatic heterocycles. The van der Waals surface area contributed by atoms with Crippen LogP contribution in [0.3, 0.4) is 0 Å². The molecule has 0 bridgehead atoms. The van der Waals surface area contributed by atoms with Crippen molar-refractivity contribution in [2.45, 2.75) is 77.0 Å². The van der Waals surface area contributed by atoms with Gasteiger partial charge in [-0.2, -0.15) is 0 Å². The lowest BCUT2D eigenvalue weighted by Crippen LogP contribution is -2.30. The van der Waals surface area contributed by atoms with Crippen LogP contribution in [0, 0.1) is 0 Å². The minimum absolute atomic E-state index is 0.197. The predicted molar refractivity (Wildman–Crippen MR) is 144 cm³/mol. The summed E-state index contributed by atoms with van der Waals surface area (Å²) in [5.74, 6) is 0. The van der Waals surface area contributed by atoms with E-state index in [4.69, 9.17) is 9.97 Å². The highest BCUT2D eigenvalue weighted by molar-refractivity contribution is 7.71. The van der Waals surface area contributed by atoms with E-state index in [-0.39, 0.29) is 7.92 Å². The van der Waals surface area contributed by atoms with Crippen LogP contribution in [-0.2, 0) is 12.3 Å². The van der Waals surface area contributed by atoms with Crippen LogP contribution in [0.2, 0.25) is 0 Å². The zero-order valence-corrected chi connectivity index (χ0v) is 22.3. The van der Waals surface area contributed by atoms with Crippen LogP contribution < -0.4 is 10.9 Å². The Morgan fingerprint density at radius 2 is 1.06 bits per heavy atom. The summed E-state index contributed by atoms with van der Waals surface area (Å²) in [7, 11) is -0.844. The second-order valence-corrected chi connectivity index (χ2v) is 15.3. The molecule has 0 amide bonds. The molecule has 1 aromatic carbocycles. The minimum atomic E-state index is -0.647. The summed E-state index contributed by atoms with van der Waals surface area (Å²) in [6, 6.07) is 21.6. The molecule has 2 nitrogen and oxygen atoms in total. The van der Waals surface area contributed by atoms with Gasteiger partial charge in [0.15, 0.2) is 0 Å². The highest BCUT2D eigenvalue weighted by Crippen LogP contribution is 2.64. The number of pyridine rings is 2. The zero-order chi connectivity index (χ0) is 23.2. The van der Waals surface area contributed by atoms with Crippen molar-refractivity contribution >= 4 is 26.7 Å². The molecule has 0 radical (unpaired) electrons. The summed E-state index contributed by atoms with van der Waals surface area (Å²) >= 11 is 0. The van der Waals surface area contributed by atoms with Crippen LogP contribution in [-0.4, -0.2) is 20.3 Å². The van der Waals surface area contributed by atoms with Crippen molar-refractivity contribution in [3.05, 3.63) is 84.2 Å². The summed E-state index contributed by atoms with van der Waals surface area (Å²) in [6.07, 6.45) is 8.43. The molecular formula is C28H38N2P2. The molecule has 2 heterocycles. The lowest BCUT2D eigenvalue weighted by molar-refractivity contribution is 0.601. The third-order valence-corrected chi connectivity index (χ3v) is 13.3. The Morgan fingerprint density at radius 1 is 0.625 bits per heavy atom. The Hall–Kier alpha value is -1.62. The van der Waals surface area contributed by atoms with Gasteiger partial charge in [-0.1, -0.05) is 85.9 Å². The molecule has 4 heteroatoms. The van der Waals surface area contributed by atoms with E-state index in [1.807, 2.05) is 24.5 Å². The van der Waals surface area contributed by atoms with Gasteiger partial charge in [-0.3, -0.25) is 9.97 Å². The summed E-state index contributed by atoms with van der Waals surface area (Å²) in [5, 5.41) is 0.712. The fourth-order valence-corrected chi connectivity index (χ4v) is 10.2. The van der Waals surface area contributed by atoms with Crippen LogP contribution in [0.25, 0.3) is 0 Å². The normalized spacial score (nSPS) is 12.5. The SMILES string of the molecule is CCC(C)(C)P(Cc1ccccc1CP(c1ccccn1)c1ccccn1)C(C)(C)CC. The first-order valence-electron chi connectivity index (χ1n) is 11.7. The fourth-order valence-electron chi connectivity index (χ4n) is 4.14. The molecule has 32 heavy (non-hydrogen) atoms. The number of aromatic nitrogens is 2. The molecule has 0 aliphatic carbocycles. The first kappa shape index (κ1) is 25.0. The Morgan fingerprint density at radius 3 is 1.47 bits per heavy atom. The molecule has 0 N–H and O–H groups in total. The summed E-state index contributed by atoms with van der Waals surface area (Å²) in [5.41, 5.74) is 5.28. The van der Waals surface area contributed by atoms with E-state index in [1.165, 1.54) is 30.1 Å². The first-order chi connectivity index (χ1) is 15.3. The maximum Gasteiger partial charge on any atom is 0.0695 e. The van der Waals surface area contributed by atoms with Crippen LogP contribution in [0.5, 0.6) is 0 Å². The number of benzene rings is 1. The molecule has 0 fully saturated rings. The van der Waals surface area contributed by atoms with Gasteiger partial charge in [0, 0.05) is 26.5 Å². The van der Waals surface area contributed by atoms with Gasteiger partial charge < -0.3 is 0 Å². The number of rotatable bonds is 10. The van der Waals surface area contributed by atoms with Crippen LogP contribution >= 0.6 is 15.8 Å².